The molecule has 1 aliphatic rings. The maximum Gasteiger partial charge on any atom is 0.573 e. The van der Waals surface area contributed by atoms with Crippen molar-refractivity contribution in [2.75, 3.05) is 24.5 Å². The minimum Gasteiger partial charge on any atom is -0.406 e. The lowest BCUT2D eigenvalue weighted by atomic mass is 10.0. The molecule has 4 rings (SSSR count). The lowest BCUT2D eigenvalue weighted by molar-refractivity contribution is -0.274. The number of rotatable bonds is 9. The minimum atomic E-state index is -4.79. The summed E-state index contributed by atoms with van der Waals surface area (Å²) >= 11 is 6.35. The van der Waals surface area contributed by atoms with Gasteiger partial charge in [0, 0.05) is 36.0 Å². The highest BCUT2D eigenvalue weighted by Gasteiger charge is 2.31. The number of benzene rings is 3. The van der Waals surface area contributed by atoms with E-state index in [0.29, 0.717) is 42.4 Å². The van der Waals surface area contributed by atoms with Gasteiger partial charge in [0.1, 0.15) is 15.7 Å². The van der Waals surface area contributed by atoms with Gasteiger partial charge in [-0.15, -0.1) is 13.2 Å². The van der Waals surface area contributed by atoms with E-state index in [-0.39, 0.29) is 5.75 Å². The van der Waals surface area contributed by atoms with Gasteiger partial charge >= 0.3 is 6.36 Å². The highest BCUT2D eigenvalue weighted by Crippen LogP contribution is 2.37. The summed E-state index contributed by atoms with van der Waals surface area (Å²) in [7, 11) is -3.03. The number of hydrogen-bond acceptors (Lipinski definition) is 4. The number of alkyl halides is 3. The van der Waals surface area contributed by atoms with Gasteiger partial charge < -0.3 is 9.64 Å². The molecule has 198 valence electrons. The number of para-hydroxylation sites is 1. The molecule has 37 heavy (non-hydrogen) atoms. The topological polar surface area (TPSA) is 53.9 Å². The van der Waals surface area contributed by atoms with Crippen molar-refractivity contribution in [3.8, 4) is 5.75 Å². The first-order valence-electron chi connectivity index (χ1n) is 12.2. The van der Waals surface area contributed by atoms with Crippen LogP contribution in [0, 0.1) is 0 Å². The summed E-state index contributed by atoms with van der Waals surface area (Å²) in [5.74, 6) is -0.370. The summed E-state index contributed by atoms with van der Waals surface area (Å²) in [5, 5.41) is 0.667. The van der Waals surface area contributed by atoms with E-state index in [1.165, 1.54) is 23.3 Å². The van der Waals surface area contributed by atoms with Crippen LogP contribution in [0.5, 0.6) is 5.75 Å². The van der Waals surface area contributed by atoms with Gasteiger partial charge in [0.05, 0.1) is 4.90 Å². The van der Waals surface area contributed by atoms with Crippen molar-refractivity contribution in [3.05, 3.63) is 82.9 Å². The van der Waals surface area contributed by atoms with Crippen LogP contribution in [0.1, 0.15) is 30.9 Å². The van der Waals surface area contributed by atoms with Crippen LogP contribution < -0.4 is 14.4 Å². The normalized spacial score (nSPS) is 14.8. The summed E-state index contributed by atoms with van der Waals surface area (Å²) < 4.78 is 62.6. The SMILES string of the molecule is CCCN=[S@@](=O)(NCCCN1c2ccccc2CCc2ccc(Cl)cc21)c1ccc(OC(F)(F)F)cc1. The molecule has 10 heteroatoms. The molecule has 0 saturated carbocycles. The van der Waals surface area contributed by atoms with Crippen LogP contribution in [0.3, 0.4) is 0 Å². The molecular formula is C27H29ClF3N3O2S. The molecule has 1 aliphatic heterocycles. The zero-order chi connectivity index (χ0) is 26.5. The molecule has 0 aromatic heterocycles. The summed E-state index contributed by atoms with van der Waals surface area (Å²) in [5.41, 5.74) is 4.66. The fraction of sp³-hybridized carbons (Fsp3) is 0.333. The number of fused-ring (bicyclic) bond motifs is 2. The van der Waals surface area contributed by atoms with Crippen molar-refractivity contribution in [2.45, 2.75) is 43.9 Å². The fourth-order valence-corrected chi connectivity index (χ4v) is 6.26. The fourth-order valence-electron chi connectivity index (χ4n) is 4.32. The quantitative estimate of drug-likeness (QED) is 0.284. The minimum absolute atomic E-state index is 0.313. The number of nitrogens with one attached hydrogen (secondary N) is 1. The highest BCUT2D eigenvalue weighted by molar-refractivity contribution is 7.91. The van der Waals surface area contributed by atoms with Crippen molar-refractivity contribution < 1.29 is 22.1 Å². The van der Waals surface area contributed by atoms with Gasteiger partial charge in [0.2, 0.25) is 0 Å². The Bertz CT molecular complexity index is 1340. The van der Waals surface area contributed by atoms with Crippen LogP contribution in [0.4, 0.5) is 24.5 Å². The van der Waals surface area contributed by atoms with Gasteiger partial charge in [-0.1, -0.05) is 42.8 Å². The van der Waals surface area contributed by atoms with Crippen molar-refractivity contribution in [1.82, 2.24) is 4.72 Å². The average Bonchev–Trinajstić information content (AvgIpc) is 3.01. The van der Waals surface area contributed by atoms with Gasteiger partial charge in [-0.2, -0.15) is 0 Å². The molecule has 5 nitrogen and oxygen atoms in total. The van der Waals surface area contributed by atoms with E-state index < -0.39 is 16.3 Å². The Balaban J connectivity index is 1.51. The second-order valence-electron chi connectivity index (χ2n) is 8.70. The molecule has 0 fully saturated rings. The van der Waals surface area contributed by atoms with Gasteiger partial charge in [-0.3, -0.25) is 0 Å². The van der Waals surface area contributed by atoms with Crippen LogP contribution in [0.2, 0.25) is 5.02 Å². The maximum absolute atomic E-state index is 13.7. The third-order valence-corrected chi connectivity index (χ3v) is 8.30. The standard InChI is InChI=1S/C27H29ClF3N3O2S/c1-2-16-32-37(35,24-14-12-23(13-15-24)36-27(29,30)31)33-17-5-18-34-25-7-4-3-6-20(25)8-9-21-10-11-22(28)19-26(21)34/h3-4,6-7,10-15,19H,2,5,8-9,16-18H2,1H3,(H,32,33,35)/t37-/m1/s1. The van der Waals surface area contributed by atoms with E-state index in [1.54, 1.807) is 0 Å². The molecule has 0 bridgehead atoms. The number of anilines is 2. The summed E-state index contributed by atoms with van der Waals surface area (Å²) in [6, 6.07) is 19.3. The summed E-state index contributed by atoms with van der Waals surface area (Å²) in [4.78, 5) is 2.56. The number of hydrogen-bond donors (Lipinski definition) is 1. The summed E-state index contributed by atoms with van der Waals surface area (Å²) in [6.45, 7) is 3.32. The Morgan fingerprint density at radius 2 is 1.73 bits per heavy atom. The second-order valence-corrected chi connectivity index (χ2v) is 11.2. The predicted octanol–water partition coefficient (Wildman–Crippen LogP) is 7.31. The number of nitrogens with zero attached hydrogens (tertiary/aromatic N) is 2. The van der Waals surface area contributed by atoms with Crippen LogP contribution >= 0.6 is 11.6 Å². The van der Waals surface area contributed by atoms with Crippen molar-refractivity contribution >= 4 is 32.9 Å². The molecule has 3 aromatic rings. The van der Waals surface area contributed by atoms with Gasteiger partial charge in [0.25, 0.3) is 0 Å². The molecule has 1 heterocycles. The Hall–Kier alpha value is -2.75. The number of ether oxygens (including phenoxy) is 1. The lowest BCUT2D eigenvalue weighted by Gasteiger charge is -2.27. The Kier molecular flexibility index (Phi) is 8.67. The molecule has 0 aliphatic carbocycles. The van der Waals surface area contributed by atoms with Gasteiger partial charge in [-0.25, -0.2) is 13.3 Å². The zero-order valence-corrected chi connectivity index (χ0v) is 22.0. The predicted molar refractivity (Wildman–Crippen MR) is 142 cm³/mol. The zero-order valence-electron chi connectivity index (χ0n) is 20.4. The molecule has 0 spiro atoms. The van der Waals surface area contributed by atoms with E-state index in [4.69, 9.17) is 11.6 Å². The third-order valence-electron chi connectivity index (χ3n) is 6.01. The lowest BCUT2D eigenvalue weighted by Crippen LogP contribution is -2.28. The molecular weight excluding hydrogens is 523 g/mol. The van der Waals surface area contributed by atoms with Crippen molar-refractivity contribution in [1.29, 1.82) is 0 Å². The van der Waals surface area contributed by atoms with Crippen molar-refractivity contribution in [3.63, 3.8) is 0 Å². The largest absolute Gasteiger partial charge is 0.573 e. The number of halogens is 4. The monoisotopic (exact) mass is 551 g/mol. The Labute approximate surface area is 220 Å². The first kappa shape index (κ1) is 27.3. The van der Waals surface area contributed by atoms with Gasteiger partial charge in [-0.05, 0) is 79.3 Å². The van der Waals surface area contributed by atoms with Crippen LogP contribution in [0.15, 0.2) is 76.0 Å². The molecule has 1 atom stereocenters. The van der Waals surface area contributed by atoms with Crippen LogP contribution in [-0.2, 0) is 22.8 Å². The Morgan fingerprint density at radius 3 is 2.43 bits per heavy atom. The molecule has 0 amide bonds. The van der Waals surface area contributed by atoms with E-state index in [0.717, 1.165) is 36.3 Å². The smallest absolute Gasteiger partial charge is 0.406 e. The molecule has 1 N–H and O–H groups in total. The Morgan fingerprint density at radius 1 is 1.03 bits per heavy atom. The molecule has 0 unspecified atom stereocenters. The number of aryl methyl sites for hydroxylation is 2. The summed E-state index contributed by atoms with van der Waals surface area (Å²) in [6.07, 6.45) is -1.61. The molecule has 0 saturated heterocycles. The molecule has 0 radical (unpaired) electrons. The van der Waals surface area contributed by atoms with E-state index in [9.17, 15) is 17.4 Å². The molecule has 3 aromatic carbocycles. The highest BCUT2D eigenvalue weighted by atomic mass is 35.5. The van der Waals surface area contributed by atoms with Gasteiger partial charge in [0.15, 0.2) is 0 Å². The first-order valence-corrected chi connectivity index (χ1v) is 14.0. The third kappa shape index (κ3) is 6.97. The van der Waals surface area contributed by atoms with Crippen molar-refractivity contribution in [2.24, 2.45) is 4.36 Å². The van der Waals surface area contributed by atoms with Crippen LogP contribution in [0.25, 0.3) is 0 Å². The first-order chi connectivity index (χ1) is 17.7. The van der Waals surface area contributed by atoms with Crippen LogP contribution in [-0.4, -0.2) is 30.2 Å². The van der Waals surface area contributed by atoms with E-state index in [1.807, 2.05) is 31.2 Å². The maximum atomic E-state index is 13.7. The second kappa shape index (κ2) is 11.8. The average molecular weight is 552 g/mol. The van der Waals surface area contributed by atoms with E-state index in [2.05, 4.69) is 36.9 Å². The van der Waals surface area contributed by atoms with E-state index >= 15 is 0 Å².